The molecular formula is C68H98O12. The molecule has 1 aromatic carbocycles. The Hall–Kier alpha value is -6.01. The second kappa shape index (κ2) is 35.0. The van der Waals surface area contributed by atoms with Crippen LogP contribution in [0.3, 0.4) is 0 Å². The summed E-state index contributed by atoms with van der Waals surface area (Å²) in [7, 11) is 1.29. The summed E-state index contributed by atoms with van der Waals surface area (Å²) in [6, 6.07) is 3.05. The Morgan fingerprint density at radius 3 is 1.49 bits per heavy atom. The summed E-state index contributed by atoms with van der Waals surface area (Å²) in [6.45, 7) is 26.4. The molecule has 0 amide bonds. The number of esters is 2. The number of benzene rings is 1. The number of phenolic OH excluding ortho intramolecular Hbond substituents is 2. The van der Waals surface area contributed by atoms with Crippen LogP contribution in [0.4, 0.5) is 4.79 Å². The molecule has 3 N–H and O–H groups in total. The quantitative estimate of drug-likeness (QED) is 0.0409. The van der Waals surface area contributed by atoms with Crippen LogP contribution in [0.5, 0.6) is 11.5 Å². The van der Waals surface area contributed by atoms with Gasteiger partial charge in [0.25, 0.3) is 0 Å². The zero-order valence-corrected chi connectivity index (χ0v) is 50.9. The van der Waals surface area contributed by atoms with Gasteiger partial charge >= 0.3 is 18.1 Å². The number of aliphatic hydroxyl groups excluding tert-OH is 1. The first-order chi connectivity index (χ1) is 37.8. The molecule has 80 heavy (non-hydrogen) atoms. The average Bonchev–Trinajstić information content (AvgIpc) is 3.89. The van der Waals surface area contributed by atoms with Gasteiger partial charge in [-0.25, -0.2) is 4.79 Å². The van der Waals surface area contributed by atoms with E-state index in [1.54, 1.807) is 12.2 Å². The van der Waals surface area contributed by atoms with Crippen molar-refractivity contribution < 1.29 is 58.2 Å². The molecular weight excluding hydrogens is 1010 g/mol. The maximum Gasteiger partial charge on any atom is 0.508 e. The summed E-state index contributed by atoms with van der Waals surface area (Å²) >= 11 is 0. The Bertz CT molecular complexity index is 2520. The minimum absolute atomic E-state index is 0.0234. The number of hydrogen-bond donors (Lipinski definition) is 3. The highest BCUT2D eigenvalue weighted by Gasteiger charge is 2.35. The fourth-order valence-electron chi connectivity index (χ4n) is 10.3. The molecule has 2 fully saturated rings. The lowest BCUT2D eigenvalue weighted by Crippen LogP contribution is -2.36. The third-order valence-electron chi connectivity index (χ3n) is 15.9. The van der Waals surface area contributed by atoms with Gasteiger partial charge in [-0.1, -0.05) is 115 Å². The molecule has 2 heterocycles. The second-order valence-corrected chi connectivity index (χ2v) is 23.4. The lowest BCUT2D eigenvalue weighted by molar-refractivity contribution is -0.144. The molecule has 12 nitrogen and oxygen atoms in total. The van der Waals surface area contributed by atoms with E-state index < -0.39 is 18.4 Å². The monoisotopic (exact) mass is 1110 g/mol. The highest BCUT2D eigenvalue weighted by molar-refractivity contribution is 5.93. The summed E-state index contributed by atoms with van der Waals surface area (Å²) in [5.74, 6) is 0.117. The number of cyclic esters (lactones) is 2. The fraction of sp³-hybridized carbons (Fsp3) is 0.574. The van der Waals surface area contributed by atoms with E-state index in [1.807, 2.05) is 34.6 Å². The minimum atomic E-state index is -0.712. The van der Waals surface area contributed by atoms with Crippen LogP contribution in [-0.4, -0.2) is 76.5 Å². The molecule has 10 unspecified atom stereocenters. The molecule has 1 aromatic rings. The number of ketones is 2. The lowest BCUT2D eigenvalue weighted by atomic mass is 9.79. The Morgan fingerprint density at radius 2 is 1.01 bits per heavy atom. The molecule has 5 rings (SSSR count). The summed E-state index contributed by atoms with van der Waals surface area (Å²) in [5, 5.41) is 29.8. The van der Waals surface area contributed by atoms with Crippen LogP contribution in [0, 0.1) is 42.4 Å². The highest BCUT2D eigenvalue weighted by atomic mass is 16.7. The lowest BCUT2D eigenvalue weighted by Gasteiger charge is -2.30. The standard InChI is InChI=1S/C24H36O4.C22H32O4.C22H30O4/c1-17(2)9-7-10-18(3)11-8-12-19(4)13-14-21-20(5)22(25)15-16-23(21)28-24(26)27-6;2*1-14(8-9-19-17(4)20(23)10-11-21(19)24)6-5-7-15(2)12-18-13-16(3)22(25)26-18/h9,11,13,15-16,20-21,23H,7-8,10,12,14H2,1-6H3;7-8,10-11,16-19,21,24H,5-6,9,12-13H2,1-4H3;7-8,10-11,16,18,23-24H,5-6,9,12-13H2,1-4H3/b18-11+,19-13+;2*14-8+,15-7+. The van der Waals surface area contributed by atoms with Gasteiger partial charge in [-0.05, 0) is 182 Å². The van der Waals surface area contributed by atoms with Crippen molar-refractivity contribution in [2.45, 2.75) is 211 Å². The molecule has 0 saturated carbocycles. The maximum atomic E-state index is 12.0. The van der Waals surface area contributed by atoms with Gasteiger partial charge in [0.15, 0.2) is 11.6 Å². The van der Waals surface area contributed by atoms with Crippen molar-refractivity contribution in [3.8, 4) is 11.5 Å². The molecule has 0 spiro atoms. The average molecular weight is 1110 g/mol. The maximum absolute atomic E-state index is 12.0. The van der Waals surface area contributed by atoms with Gasteiger partial charge in [0.2, 0.25) is 0 Å². The van der Waals surface area contributed by atoms with Gasteiger partial charge in [0, 0.05) is 42.1 Å². The number of hydrogen-bond acceptors (Lipinski definition) is 12. The summed E-state index contributed by atoms with van der Waals surface area (Å²) in [4.78, 5) is 58.2. The van der Waals surface area contributed by atoms with E-state index in [2.05, 4.69) is 103 Å². The van der Waals surface area contributed by atoms with E-state index in [1.165, 1.54) is 70.4 Å². The van der Waals surface area contributed by atoms with E-state index in [0.717, 1.165) is 94.6 Å². The molecule has 2 aliphatic carbocycles. The number of aliphatic hydroxyl groups is 1. The minimum Gasteiger partial charge on any atom is -0.508 e. The van der Waals surface area contributed by atoms with Gasteiger partial charge in [-0.15, -0.1) is 0 Å². The van der Waals surface area contributed by atoms with Gasteiger partial charge in [0.05, 0.1) is 25.0 Å². The number of aromatic hydroxyl groups is 2. The largest absolute Gasteiger partial charge is 0.508 e. The third kappa shape index (κ3) is 24.4. The van der Waals surface area contributed by atoms with Gasteiger partial charge in [-0.2, -0.15) is 0 Å². The number of rotatable bonds is 23. The molecule has 0 aromatic heterocycles. The zero-order chi connectivity index (χ0) is 59.6. The summed E-state index contributed by atoms with van der Waals surface area (Å²) in [6.07, 6.45) is 33.4. The normalized spacial score (nSPS) is 25.5. The van der Waals surface area contributed by atoms with Crippen LogP contribution in [-0.2, 0) is 44.5 Å². The van der Waals surface area contributed by atoms with Crippen molar-refractivity contribution in [3.05, 3.63) is 129 Å². The topological polar surface area (TPSA) is 183 Å². The molecule has 0 radical (unpaired) electrons. The zero-order valence-electron chi connectivity index (χ0n) is 50.9. The van der Waals surface area contributed by atoms with E-state index in [9.17, 15) is 39.3 Å². The third-order valence-corrected chi connectivity index (χ3v) is 15.9. The van der Waals surface area contributed by atoms with E-state index in [0.29, 0.717) is 12.8 Å². The predicted molar refractivity (Wildman–Crippen MR) is 320 cm³/mol. The van der Waals surface area contributed by atoms with Crippen LogP contribution >= 0.6 is 0 Å². The van der Waals surface area contributed by atoms with Crippen molar-refractivity contribution >= 4 is 29.7 Å². The predicted octanol–water partition coefficient (Wildman–Crippen LogP) is 15.4. The number of carbonyl (C=O) groups excluding carboxylic acids is 5. The molecule has 2 aliphatic heterocycles. The van der Waals surface area contributed by atoms with Crippen molar-refractivity contribution in [1.29, 1.82) is 0 Å². The highest BCUT2D eigenvalue weighted by Crippen LogP contribution is 2.33. The van der Waals surface area contributed by atoms with Crippen LogP contribution in [0.2, 0.25) is 0 Å². The van der Waals surface area contributed by atoms with Crippen molar-refractivity contribution in [2.75, 3.05) is 7.11 Å². The summed E-state index contributed by atoms with van der Waals surface area (Å²) < 4.78 is 20.6. The smallest absolute Gasteiger partial charge is 0.508 e. The Morgan fingerprint density at radius 1 is 0.588 bits per heavy atom. The van der Waals surface area contributed by atoms with Gasteiger partial charge in [-0.3, -0.25) is 19.2 Å². The van der Waals surface area contributed by atoms with Crippen molar-refractivity contribution in [3.63, 3.8) is 0 Å². The van der Waals surface area contributed by atoms with Crippen LogP contribution in [0.15, 0.2) is 118 Å². The Labute approximate surface area is 479 Å². The molecule has 0 bridgehead atoms. The van der Waals surface area contributed by atoms with Crippen LogP contribution in [0.1, 0.15) is 184 Å². The fourth-order valence-corrected chi connectivity index (χ4v) is 10.3. The van der Waals surface area contributed by atoms with Gasteiger partial charge in [0.1, 0.15) is 29.8 Å². The molecule has 10 atom stereocenters. The SMILES string of the molecule is C/C(=C\CC1C(O)C=CC(=O)C1C)CC/C=C(\C)CC1CC(C)C(=O)O1.C/C(=C\Cc1c(O)ccc(O)c1C)CC/C=C(\C)CC1CC(C)C(=O)O1.COC(=O)OC1C=CC(=O)C(C)C1C/C=C(\C)CC/C=C(\C)CCC=C(C)C. The summed E-state index contributed by atoms with van der Waals surface area (Å²) in [5.41, 5.74) is 10.6. The number of ether oxygens (including phenoxy) is 4. The number of carbonyl (C=O) groups is 5. The van der Waals surface area contributed by atoms with Crippen LogP contribution < -0.4 is 0 Å². The molecule has 4 aliphatic rings. The Kier molecular flexibility index (Phi) is 29.8. The van der Waals surface area contributed by atoms with Crippen molar-refractivity contribution in [2.24, 2.45) is 35.5 Å². The number of phenols is 2. The van der Waals surface area contributed by atoms with E-state index in [4.69, 9.17) is 14.2 Å². The van der Waals surface area contributed by atoms with Crippen LogP contribution in [0.25, 0.3) is 0 Å². The van der Waals surface area contributed by atoms with E-state index in [-0.39, 0.29) is 82.7 Å². The number of methoxy groups -OCH3 is 1. The number of allylic oxidation sites excluding steroid dienone is 14. The van der Waals surface area contributed by atoms with Gasteiger partial charge < -0.3 is 34.3 Å². The second-order valence-electron chi connectivity index (χ2n) is 23.4. The molecule has 2 saturated heterocycles. The molecule has 12 heteroatoms. The van der Waals surface area contributed by atoms with Crippen molar-refractivity contribution in [1.82, 2.24) is 0 Å². The molecule has 442 valence electrons. The first kappa shape index (κ1) is 68.3. The first-order valence-electron chi connectivity index (χ1n) is 29.1. The van der Waals surface area contributed by atoms with E-state index >= 15 is 0 Å². The first-order valence-corrected chi connectivity index (χ1v) is 29.1. The Balaban J connectivity index is 0.000000315.